The summed E-state index contributed by atoms with van der Waals surface area (Å²) in [4.78, 5) is 12.6. The molecule has 0 aromatic carbocycles. The van der Waals surface area contributed by atoms with Crippen LogP contribution in [0.25, 0.3) is 0 Å². The molecule has 2 aliphatic carbocycles. The molecule has 1 atom stereocenters. The van der Waals surface area contributed by atoms with Gasteiger partial charge in [-0.25, -0.2) is 0 Å². The van der Waals surface area contributed by atoms with Crippen LogP contribution in [0, 0.1) is 0 Å². The lowest BCUT2D eigenvalue weighted by Gasteiger charge is -2.21. The van der Waals surface area contributed by atoms with Gasteiger partial charge in [0.25, 0.3) is 5.56 Å². The van der Waals surface area contributed by atoms with Crippen molar-refractivity contribution in [1.29, 1.82) is 0 Å². The zero-order chi connectivity index (χ0) is 12.7. The van der Waals surface area contributed by atoms with E-state index in [1.807, 2.05) is 6.92 Å². The van der Waals surface area contributed by atoms with E-state index in [-0.39, 0.29) is 11.6 Å². The van der Waals surface area contributed by atoms with Crippen molar-refractivity contribution >= 4 is 0 Å². The van der Waals surface area contributed by atoms with Crippen molar-refractivity contribution in [3.63, 3.8) is 0 Å². The second-order valence-corrected chi connectivity index (χ2v) is 5.83. The van der Waals surface area contributed by atoms with E-state index < -0.39 is 0 Å². The van der Waals surface area contributed by atoms with Crippen LogP contribution in [0.3, 0.4) is 0 Å². The van der Waals surface area contributed by atoms with Crippen LogP contribution in [0.15, 0.2) is 10.9 Å². The van der Waals surface area contributed by atoms with Gasteiger partial charge < -0.3 is 10.3 Å². The Morgan fingerprint density at radius 2 is 2.00 bits per heavy atom. The van der Waals surface area contributed by atoms with Crippen LogP contribution in [0.1, 0.15) is 67.9 Å². The van der Waals surface area contributed by atoms with E-state index in [2.05, 4.69) is 10.6 Å². The van der Waals surface area contributed by atoms with E-state index in [0.717, 1.165) is 31.2 Å². The number of rotatable bonds is 2. The molecule has 0 radical (unpaired) electrons. The van der Waals surface area contributed by atoms with Gasteiger partial charge in [-0.3, -0.25) is 4.79 Å². The van der Waals surface area contributed by atoms with E-state index in [4.69, 9.17) is 5.73 Å². The molecule has 1 saturated carbocycles. The Morgan fingerprint density at radius 1 is 1.28 bits per heavy atom. The Kier molecular flexibility index (Phi) is 3.02. The minimum Gasteiger partial charge on any atom is -0.324 e. The topological polar surface area (TPSA) is 48.0 Å². The van der Waals surface area contributed by atoms with E-state index >= 15 is 0 Å². The number of fused-ring (bicyclic) bond motifs is 1. The highest BCUT2D eigenvalue weighted by molar-refractivity contribution is 5.32. The molecule has 1 heterocycles. The molecule has 3 rings (SSSR count). The molecular formula is C15H22N2O. The zero-order valence-electron chi connectivity index (χ0n) is 11.1. The van der Waals surface area contributed by atoms with Crippen molar-refractivity contribution in [2.45, 2.75) is 64.0 Å². The predicted molar refractivity (Wildman–Crippen MR) is 72.8 cm³/mol. The summed E-state index contributed by atoms with van der Waals surface area (Å²) >= 11 is 0. The van der Waals surface area contributed by atoms with Crippen molar-refractivity contribution < 1.29 is 0 Å². The minimum absolute atomic E-state index is 0.156. The summed E-state index contributed by atoms with van der Waals surface area (Å²) in [7, 11) is 0. The molecule has 0 bridgehead atoms. The third-order valence-electron chi connectivity index (χ3n) is 4.50. The first kappa shape index (κ1) is 12.0. The van der Waals surface area contributed by atoms with E-state index in [9.17, 15) is 4.79 Å². The third-order valence-corrected chi connectivity index (χ3v) is 4.50. The molecule has 0 aliphatic heterocycles. The number of hydrogen-bond donors (Lipinski definition) is 1. The molecule has 0 spiro atoms. The van der Waals surface area contributed by atoms with Gasteiger partial charge in [-0.1, -0.05) is 12.8 Å². The summed E-state index contributed by atoms with van der Waals surface area (Å²) in [5.41, 5.74) is 9.62. The van der Waals surface area contributed by atoms with Gasteiger partial charge in [0.15, 0.2) is 0 Å². The van der Waals surface area contributed by atoms with Gasteiger partial charge in [0.05, 0.1) is 0 Å². The maximum atomic E-state index is 12.6. The minimum atomic E-state index is -0.156. The maximum Gasteiger partial charge on any atom is 0.255 e. The molecule has 1 fully saturated rings. The summed E-state index contributed by atoms with van der Waals surface area (Å²) in [5.74, 6) is 0. The van der Waals surface area contributed by atoms with E-state index in [0.29, 0.717) is 6.04 Å². The Morgan fingerprint density at radius 3 is 2.67 bits per heavy atom. The van der Waals surface area contributed by atoms with Crippen LogP contribution in [0.4, 0.5) is 0 Å². The zero-order valence-corrected chi connectivity index (χ0v) is 11.1. The van der Waals surface area contributed by atoms with Crippen molar-refractivity contribution in [3.8, 4) is 0 Å². The van der Waals surface area contributed by atoms with Gasteiger partial charge in [0, 0.05) is 23.3 Å². The Hall–Kier alpha value is -1.09. The first-order valence-corrected chi connectivity index (χ1v) is 7.21. The fraction of sp³-hybridized carbons (Fsp3) is 0.667. The molecule has 1 aromatic heterocycles. The highest BCUT2D eigenvalue weighted by Gasteiger charge is 2.26. The molecule has 1 aromatic rings. The van der Waals surface area contributed by atoms with Crippen molar-refractivity contribution in [1.82, 2.24) is 4.57 Å². The predicted octanol–water partition coefficient (Wildman–Crippen LogP) is 2.47. The Labute approximate surface area is 108 Å². The monoisotopic (exact) mass is 246 g/mol. The molecule has 3 heteroatoms. The largest absolute Gasteiger partial charge is 0.324 e. The maximum absolute atomic E-state index is 12.6. The molecule has 0 saturated heterocycles. The van der Waals surface area contributed by atoms with Gasteiger partial charge in [0.2, 0.25) is 0 Å². The Balaban J connectivity index is 2.18. The van der Waals surface area contributed by atoms with Crippen LogP contribution >= 0.6 is 0 Å². The van der Waals surface area contributed by atoms with Crippen LogP contribution in [0.2, 0.25) is 0 Å². The number of hydrogen-bond acceptors (Lipinski definition) is 2. The summed E-state index contributed by atoms with van der Waals surface area (Å²) in [5, 5.41) is 0. The number of pyridine rings is 1. The fourth-order valence-electron chi connectivity index (χ4n) is 3.57. The smallest absolute Gasteiger partial charge is 0.255 e. The van der Waals surface area contributed by atoms with Gasteiger partial charge >= 0.3 is 0 Å². The molecule has 1 unspecified atom stereocenters. The SMILES string of the molecule is CC(N)c1cc2c(n(C3CCCC3)c1=O)CCC2. The van der Waals surface area contributed by atoms with Crippen molar-refractivity contribution in [2.24, 2.45) is 5.73 Å². The van der Waals surface area contributed by atoms with Crippen molar-refractivity contribution in [2.75, 3.05) is 0 Å². The summed E-state index contributed by atoms with van der Waals surface area (Å²) in [6.07, 6.45) is 8.21. The number of aryl methyl sites for hydroxylation is 1. The lowest BCUT2D eigenvalue weighted by Crippen LogP contribution is -2.32. The second-order valence-electron chi connectivity index (χ2n) is 5.83. The number of aromatic nitrogens is 1. The molecule has 18 heavy (non-hydrogen) atoms. The van der Waals surface area contributed by atoms with E-state index in [1.165, 1.54) is 30.5 Å². The van der Waals surface area contributed by atoms with Gasteiger partial charge in [-0.05, 0) is 50.7 Å². The molecular weight excluding hydrogens is 224 g/mol. The van der Waals surface area contributed by atoms with Crippen molar-refractivity contribution in [3.05, 3.63) is 33.2 Å². The summed E-state index contributed by atoms with van der Waals surface area (Å²) in [6.45, 7) is 1.91. The van der Waals surface area contributed by atoms with Crippen LogP contribution in [-0.4, -0.2) is 4.57 Å². The summed E-state index contributed by atoms with van der Waals surface area (Å²) < 4.78 is 2.11. The molecule has 3 nitrogen and oxygen atoms in total. The molecule has 98 valence electrons. The number of nitrogens with zero attached hydrogens (tertiary/aromatic N) is 1. The first-order valence-electron chi connectivity index (χ1n) is 7.21. The third kappa shape index (κ3) is 1.81. The fourth-order valence-corrected chi connectivity index (χ4v) is 3.57. The highest BCUT2D eigenvalue weighted by Crippen LogP contribution is 2.33. The van der Waals surface area contributed by atoms with Gasteiger partial charge in [-0.15, -0.1) is 0 Å². The lowest BCUT2D eigenvalue weighted by molar-refractivity contribution is 0.480. The second kappa shape index (κ2) is 4.54. The van der Waals surface area contributed by atoms with Gasteiger partial charge in [0.1, 0.15) is 0 Å². The van der Waals surface area contributed by atoms with E-state index in [1.54, 1.807) is 0 Å². The van der Waals surface area contributed by atoms with Crippen LogP contribution in [-0.2, 0) is 12.8 Å². The number of nitrogens with two attached hydrogens (primary N) is 1. The first-order chi connectivity index (χ1) is 8.68. The van der Waals surface area contributed by atoms with Crippen LogP contribution < -0.4 is 11.3 Å². The summed E-state index contributed by atoms with van der Waals surface area (Å²) in [6, 6.07) is 2.35. The Bertz CT molecular complexity index is 510. The molecule has 2 N–H and O–H groups in total. The molecule has 0 amide bonds. The average Bonchev–Trinajstić information content (AvgIpc) is 2.97. The normalized spacial score (nSPS) is 21.2. The average molecular weight is 246 g/mol. The van der Waals surface area contributed by atoms with Gasteiger partial charge in [-0.2, -0.15) is 0 Å². The quantitative estimate of drug-likeness (QED) is 0.871. The lowest BCUT2D eigenvalue weighted by atomic mass is 10.1. The van der Waals surface area contributed by atoms with Crippen LogP contribution in [0.5, 0.6) is 0 Å². The molecule has 2 aliphatic rings. The highest BCUT2D eigenvalue weighted by atomic mass is 16.1. The standard InChI is InChI=1S/C15H22N2O/c1-10(16)13-9-11-5-4-8-14(11)17(15(13)18)12-6-2-3-7-12/h9-10,12H,2-8,16H2,1H3.